The van der Waals surface area contributed by atoms with Crippen molar-refractivity contribution < 1.29 is 9.13 Å². The topological polar surface area (TPSA) is 9.23 Å². The Labute approximate surface area is 83.9 Å². The van der Waals surface area contributed by atoms with Gasteiger partial charge in [-0.1, -0.05) is 5.92 Å². The highest BCUT2D eigenvalue weighted by Crippen LogP contribution is 2.28. The monoisotopic (exact) mass is 192 g/mol. The van der Waals surface area contributed by atoms with Crippen molar-refractivity contribution in [1.82, 2.24) is 0 Å². The number of hydrogen-bond acceptors (Lipinski definition) is 1. The van der Waals surface area contributed by atoms with E-state index in [2.05, 4.69) is 5.92 Å². The van der Waals surface area contributed by atoms with E-state index in [0.717, 1.165) is 5.56 Å². The third-order valence-corrected chi connectivity index (χ3v) is 2.23. The molecule has 14 heavy (non-hydrogen) atoms. The average molecular weight is 192 g/mol. The van der Waals surface area contributed by atoms with Gasteiger partial charge in [-0.15, -0.1) is 6.42 Å². The van der Waals surface area contributed by atoms with Crippen molar-refractivity contribution in [1.29, 1.82) is 0 Å². The molecule has 1 rings (SSSR count). The molecule has 0 heterocycles. The van der Waals surface area contributed by atoms with Crippen LogP contribution in [-0.2, 0) is 0 Å². The Balaban J connectivity index is 3.28. The predicted octanol–water partition coefficient (Wildman–Crippen LogP) is 2.88. The lowest BCUT2D eigenvalue weighted by Gasteiger charge is -2.12. The zero-order valence-electron chi connectivity index (χ0n) is 8.60. The molecule has 1 aromatic rings. The number of hydrogen-bond donors (Lipinski definition) is 0. The van der Waals surface area contributed by atoms with Crippen LogP contribution in [0.15, 0.2) is 12.1 Å². The fourth-order valence-electron chi connectivity index (χ4n) is 1.28. The van der Waals surface area contributed by atoms with Crippen molar-refractivity contribution >= 4 is 0 Å². The second-order valence-corrected chi connectivity index (χ2v) is 3.23. The predicted molar refractivity (Wildman–Crippen MR) is 54.9 cm³/mol. The molecule has 0 aliphatic heterocycles. The molecule has 0 fully saturated rings. The van der Waals surface area contributed by atoms with E-state index in [-0.39, 0.29) is 11.7 Å². The van der Waals surface area contributed by atoms with Crippen LogP contribution < -0.4 is 4.74 Å². The molecule has 0 bridgehead atoms. The first-order valence-electron chi connectivity index (χ1n) is 4.40. The maximum atomic E-state index is 13.3. The molecule has 0 saturated carbocycles. The highest BCUT2D eigenvalue weighted by atomic mass is 19.1. The Kier molecular flexibility index (Phi) is 3.14. The summed E-state index contributed by atoms with van der Waals surface area (Å²) in [4.78, 5) is 0. The molecule has 0 N–H and O–H groups in total. The molecule has 1 aromatic carbocycles. The van der Waals surface area contributed by atoms with Crippen molar-refractivity contribution in [3.8, 4) is 18.1 Å². The standard InChI is InChI=1S/C12H13FO/c1-5-8(2)10-7-11(13)9(3)6-12(10)14-4/h1,6-8H,2-4H3. The van der Waals surface area contributed by atoms with Gasteiger partial charge >= 0.3 is 0 Å². The number of terminal acetylenes is 1. The fourth-order valence-corrected chi connectivity index (χ4v) is 1.28. The Morgan fingerprint density at radius 2 is 2.14 bits per heavy atom. The van der Waals surface area contributed by atoms with Gasteiger partial charge in [0, 0.05) is 11.5 Å². The Bertz CT molecular complexity index is 377. The van der Waals surface area contributed by atoms with Crippen LogP contribution in [-0.4, -0.2) is 7.11 Å². The van der Waals surface area contributed by atoms with Crippen LogP contribution in [0.5, 0.6) is 5.75 Å². The van der Waals surface area contributed by atoms with Gasteiger partial charge in [-0.2, -0.15) is 0 Å². The van der Waals surface area contributed by atoms with Gasteiger partial charge in [0.05, 0.1) is 7.11 Å². The summed E-state index contributed by atoms with van der Waals surface area (Å²) in [5, 5.41) is 0. The Morgan fingerprint density at radius 3 is 2.64 bits per heavy atom. The minimum absolute atomic E-state index is 0.139. The Morgan fingerprint density at radius 1 is 1.50 bits per heavy atom. The number of halogens is 1. The van der Waals surface area contributed by atoms with E-state index in [9.17, 15) is 4.39 Å². The molecule has 2 heteroatoms. The fraction of sp³-hybridized carbons (Fsp3) is 0.333. The minimum atomic E-state index is -0.247. The third-order valence-electron chi connectivity index (χ3n) is 2.23. The van der Waals surface area contributed by atoms with Gasteiger partial charge in [0.25, 0.3) is 0 Å². The van der Waals surface area contributed by atoms with E-state index in [1.165, 1.54) is 6.07 Å². The lowest BCUT2D eigenvalue weighted by atomic mass is 9.99. The van der Waals surface area contributed by atoms with Crippen LogP contribution in [0.2, 0.25) is 0 Å². The van der Waals surface area contributed by atoms with E-state index < -0.39 is 0 Å². The van der Waals surface area contributed by atoms with E-state index >= 15 is 0 Å². The minimum Gasteiger partial charge on any atom is -0.496 e. The molecule has 1 atom stereocenters. The second-order valence-electron chi connectivity index (χ2n) is 3.23. The molecular weight excluding hydrogens is 179 g/mol. The summed E-state index contributed by atoms with van der Waals surface area (Å²) in [7, 11) is 1.55. The van der Waals surface area contributed by atoms with E-state index in [4.69, 9.17) is 11.2 Å². The van der Waals surface area contributed by atoms with Gasteiger partial charge in [-0.3, -0.25) is 0 Å². The van der Waals surface area contributed by atoms with Gasteiger partial charge in [0.2, 0.25) is 0 Å². The molecule has 1 nitrogen and oxygen atoms in total. The summed E-state index contributed by atoms with van der Waals surface area (Å²) in [6.45, 7) is 3.54. The first kappa shape index (κ1) is 10.6. The molecule has 0 spiro atoms. The Hall–Kier alpha value is -1.49. The third kappa shape index (κ3) is 1.88. The lowest BCUT2D eigenvalue weighted by molar-refractivity contribution is 0.407. The number of benzene rings is 1. The first-order valence-corrected chi connectivity index (χ1v) is 4.40. The maximum Gasteiger partial charge on any atom is 0.126 e. The molecule has 74 valence electrons. The van der Waals surface area contributed by atoms with Crippen LogP contribution in [0.3, 0.4) is 0 Å². The summed E-state index contributed by atoms with van der Waals surface area (Å²) in [5.74, 6) is 2.82. The van der Waals surface area contributed by atoms with Crippen LogP contribution in [0.25, 0.3) is 0 Å². The number of methoxy groups -OCH3 is 1. The second kappa shape index (κ2) is 4.15. The highest BCUT2D eigenvalue weighted by molar-refractivity contribution is 5.42. The maximum absolute atomic E-state index is 13.3. The summed E-state index contributed by atoms with van der Waals surface area (Å²) in [6, 6.07) is 3.11. The van der Waals surface area contributed by atoms with Crippen molar-refractivity contribution in [2.24, 2.45) is 0 Å². The first-order chi connectivity index (χ1) is 6.60. The highest BCUT2D eigenvalue weighted by Gasteiger charge is 2.12. The van der Waals surface area contributed by atoms with Gasteiger partial charge in [-0.25, -0.2) is 4.39 Å². The number of ether oxygens (including phenoxy) is 1. The summed E-state index contributed by atoms with van der Waals surface area (Å²) in [6.07, 6.45) is 5.29. The van der Waals surface area contributed by atoms with Crippen molar-refractivity contribution in [2.75, 3.05) is 7.11 Å². The van der Waals surface area contributed by atoms with Crippen LogP contribution in [0.1, 0.15) is 24.0 Å². The molecule has 0 radical (unpaired) electrons. The van der Waals surface area contributed by atoms with Gasteiger partial charge < -0.3 is 4.74 Å². The van der Waals surface area contributed by atoms with Gasteiger partial charge in [-0.05, 0) is 31.5 Å². The summed E-state index contributed by atoms with van der Waals surface area (Å²) in [5.41, 5.74) is 1.29. The zero-order chi connectivity index (χ0) is 10.7. The molecule has 0 aliphatic carbocycles. The molecular formula is C12H13FO. The number of rotatable bonds is 2. The number of aryl methyl sites for hydroxylation is 1. The smallest absolute Gasteiger partial charge is 0.126 e. The van der Waals surface area contributed by atoms with Crippen LogP contribution >= 0.6 is 0 Å². The van der Waals surface area contributed by atoms with E-state index in [0.29, 0.717) is 11.3 Å². The van der Waals surface area contributed by atoms with Crippen molar-refractivity contribution in [3.63, 3.8) is 0 Å². The van der Waals surface area contributed by atoms with Crippen molar-refractivity contribution in [3.05, 3.63) is 29.1 Å². The lowest BCUT2D eigenvalue weighted by Crippen LogP contribution is -1.98. The van der Waals surface area contributed by atoms with Crippen LogP contribution in [0, 0.1) is 25.1 Å². The van der Waals surface area contributed by atoms with Crippen molar-refractivity contribution in [2.45, 2.75) is 19.8 Å². The average Bonchev–Trinajstić information content (AvgIpc) is 2.20. The molecule has 0 aromatic heterocycles. The normalized spacial score (nSPS) is 11.9. The quantitative estimate of drug-likeness (QED) is 0.655. The van der Waals surface area contributed by atoms with E-state index in [1.807, 2.05) is 6.92 Å². The zero-order valence-corrected chi connectivity index (χ0v) is 8.60. The summed E-state index contributed by atoms with van der Waals surface area (Å²) < 4.78 is 18.4. The molecule has 0 aliphatic rings. The van der Waals surface area contributed by atoms with Gasteiger partial charge in [0.1, 0.15) is 11.6 Å². The summed E-state index contributed by atoms with van der Waals surface area (Å²) >= 11 is 0. The molecule has 1 unspecified atom stereocenters. The van der Waals surface area contributed by atoms with E-state index in [1.54, 1.807) is 20.1 Å². The largest absolute Gasteiger partial charge is 0.496 e. The van der Waals surface area contributed by atoms with Crippen LogP contribution in [0.4, 0.5) is 4.39 Å². The molecule has 0 saturated heterocycles. The molecule has 0 amide bonds. The van der Waals surface area contributed by atoms with Gasteiger partial charge in [0.15, 0.2) is 0 Å². The SMILES string of the molecule is C#CC(C)c1cc(F)c(C)cc1OC.